The molecule has 3 N–H and O–H groups in total. The zero-order valence-corrected chi connectivity index (χ0v) is 20.1. The highest BCUT2D eigenvalue weighted by atomic mass is 16.5. The lowest BCUT2D eigenvalue weighted by Gasteiger charge is -2.22. The molecule has 0 radical (unpaired) electrons. The molecule has 0 bridgehead atoms. The number of carbonyl (C=O) groups is 5. The smallest absolute Gasteiger partial charge is 0.407 e. The van der Waals surface area contributed by atoms with Gasteiger partial charge >= 0.3 is 24.0 Å². The van der Waals surface area contributed by atoms with Crippen LogP contribution >= 0.6 is 0 Å². The number of ether oxygens (including phenoxy) is 3. The molecule has 0 aliphatic rings. The van der Waals surface area contributed by atoms with Crippen LogP contribution in [0.15, 0.2) is 30.3 Å². The molecule has 2 amide bonds. The minimum absolute atomic E-state index is 0.00766. The Bertz CT molecular complexity index is 830. The van der Waals surface area contributed by atoms with Gasteiger partial charge in [-0.1, -0.05) is 36.8 Å². The summed E-state index contributed by atoms with van der Waals surface area (Å²) in [4.78, 5) is 59.8. The molecule has 0 spiro atoms. The van der Waals surface area contributed by atoms with E-state index in [9.17, 15) is 29.1 Å². The number of hydrogen-bond donors (Lipinski definition) is 3. The zero-order valence-electron chi connectivity index (χ0n) is 20.1. The summed E-state index contributed by atoms with van der Waals surface area (Å²) < 4.78 is 14.8. The number of nitrogens with one attached hydrogen (secondary N) is 2. The molecular weight excluding hydrogens is 460 g/mol. The van der Waals surface area contributed by atoms with Gasteiger partial charge in [0.05, 0.1) is 25.6 Å². The highest BCUT2D eigenvalue weighted by Gasteiger charge is 2.38. The summed E-state index contributed by atoms with van der Waals surface area (Å²) in [6.07, 6.45) is 0.551. The van der Waals surface area contributed by atoms with Crippen LogP contribution in [0.25, 0.3) is 0 Å². The van der Waals surface area contributed by atoms with Crippen LogP contribution in [-0.2, 0) is 40.0 Å². The third-order valence-corrected chi connectivity index (χ3v) is 4.83. The molecule has 35 heavy (non-hydrogen) atoms. The highest BCUT2D eigenvalue weighted by molar-refractivity contribution is 5.90. The minimum atomic E-state index is -1.63. The summed E-state index contributed by atoms with van der Waals surface area (Å²) in [5.41, 5.74) is 0.876. The Morgan fingerprint density at radius 2 is 1.60 bits per heavy atom. The second-order valence-electron chi connectivity index (χ2n) is 7.55. The summed E-state index contributed by atoms with van der Waals surface area (Å²) >= 11 is 0. The summed E-state index contributed by atoms with van der Waals surface area (Å²) in [6, 6.07) is 7.63. The molecule has 0 fully saturated rings. The molecule has 1 aromatic rings. The topological polar surface area (TPSA) is 157 Å². The van der Waals surface area contributed by atoms with Crippen molar-refractivity contribution in [1.82, 2.24) is 10.6 Å². The number of amides is 2. The standard InChI is InChI=1S/C24H34N2O9/c1-3-33-20(28)15-18(23(31)34-4-2)21(22(29)30)26-19(27)13-9-6-10-14-25-24(32)35-16-17-11-7-5-8-12-17/h5,7-8,11-12,18,21H,3-4,6,9-10,13-16H2,1-2H3,(H,25,32)(H,26,27)(H,29,30)/t18-,21+/m1/s1. The molecule has 0 unspecified atom stereocenters. The van der Waals surface area contributed by atoms with E-state index in [0.29, 0.717) is 25.8 Å². The quantitative estimate of drug-likeness (QED) is 0.178. The van der Waals surface area contributed by atoms with Gasteiger partial charge in [-0.2, -0.15) is 0 Å². The van der Waals surface area contributed by atoms with E-state index in [2.05, 4.69) is 10.6 Å². The van der Waals surface area contributed by atoms with E-state index in [1.165, 1.54) is 0 Å². The van der Waals surface area contributed by atoms with Crippen molar-refractivity contribution in [2.24, 2.45) is 5.92 Å². The van der Waals surface area contributed by atoms with Gasteiger partial charge in [-0.05, 0) is 32.3 Å². The average molecular weight is 495 g/mol. The van der Waals surface area contributed by atoms with Gasteiger partial charge in [0.1, 0.15) is 12.6 Å². The number of carbonyl (C=O) groups excluding carboxylic acids is 4. The van der Waals surface area contributed by atoms with Crippen LogP contribution in [0.5, 0.6) is 0 Å². The van der Waals surface area contributed by atoms with Gasteiger partial charge in [-0.25, -0.2) is 9.59 Å². The fourth-order valence-corrected chi connectivity index (χ4v) is 3.12. The summed E-state index contributed by atoms with van der Waals surface area (Å²) in [7, 11) is 0. The molecule has 11 heteroatoms. The number of esters is 2. The number of alkyl carbamates (subject to hydrolysis) is 1. The number of carboxylic acids is 1. The van der Waals surface area contributed by atoms with Gasteiger partial charge < -0.3 is 30.0 Å². The minimum Gasteiger partial charge on any atom is -0.480 e. The van der Waals surface area contributed by atoms with Crippen molar-refractivity contribution in [2.75, 3.05) is 19.8 Å². The van der Waals surface area contributed by atoms with Gasteiger partial charge in [-0.15, -0.1) is 0 Å². The van der Waals surface area contributed by atoms with Crippen LogP contribution in [0.2, 0.25) is 0 Å². The van der Waals surface area contributed by atoms with Crippen molar-refractivity contribution in [3.8, 4) is 0 Å². The van der Waals surface area contributed by atoms with Gasteiger partial charge in [0, 0.05) is 13.0 Å². The molecule has 0 saturated carbocycles. The first-order valence-electron chi connectivity index (χ1n) is 11.6. The molecule has 0 heterocycles. The first-order chi connectivity index (χ1) is 16.8. The Labute approximate surface area is 204 Å². The number of aliphatic carboxylic acids is 1. The Kier molecular flexibility index (Phi) is 14.2. The first-order valence-corrected chi connectivity index (χ1v) is 11.6. The number of carboxylic acid groups (broad SMARTS) is 1. The maximum absolute atomic E-state index is 12.3. The summed E-state index contributed by atoms with van der Waals surface area (Å²) in [5.74, 6) is -5.12. The lowest BCUT2D eigenvalue weighted by atomic mass is 9.95. The molecule has 0 aliphatic heterocycles. The van der Waals surface area contributed by atoms with Crippen LogP contribution < -0.4 is 10.6 Å². The van der Waals surface area contributed by atoms with Crippen molar-refractivity contribution in [2.45, 2.75) is 58.6 Å². The van der Waals surface area contributed by atoms with Crippen LogP contribution in [0, 0.1) is 5.92 Å². The van der Waals surface area contributed by atoms with Crippen LogP contribution in [0.4, 0.5) is 4.79 Å². The summed E-state index contributed by atoms with van der Waals surface area (Å²) in [6.45, 7) is 3.71. The maximum atomic E-state index is 12.3. The summed E-state index contributed by atoms with van der Waals surface area (Å²) in [5, 5.41) is 14.5. The van der Waals surface area contributed by atoms with E-state index in [1.54, 1.807) is 13.8 Å². The molecule has 1 aromatic carbocycles. The average Bonchev–Trinajstić information content (AvgIpc) is 2.83. The molecule has 1 rings (SSSR count). The Morgan fingerprint density at radius 3 is 2.23 bits per heavy atom. The predicted octanol–water partition coefficient (Wildman–Crippen LogP) is 2.18. The van der Waals surface area contributed by atoms with E-state index < -0.39 is 48.3 Å². The van der Waals surface area contributed by atoms with E-state index in [-0.39, 0.29) is 26.2 Å². The van der Waals surface area contributed by atoms with Gasteiger partial charge in [0.15, 0.2) is 0 Å². The van der Waals surface area contributed by atoms with Crippen molar-refractivity contribution < 1.29 is 43.3 Å². The van der Waals surface area contributed by atoms with Gasteiger partial charge in [-0.3, -0.25) is 14.4 Å². The third-order valence-electron chi connectivity index (χ3n) is 4.83. The van der Waals surface area contributed by atoms with E-state index in [0.717, 1.165) is 5.56 Å². The van der Waals surface area contributed by atoms with Gasteiger partial charge in [0.2, 0.25) is 5.91 Å². The fraction of sp³-hybridized carbons (Fsp3) is 0.542. The molecule has 11 nitrogen and oxygen atoms in total. The second-order valence-corrected chi connectivity index (χ2v) is 7.55. The molecule has 0 aliphatic carbocycles. The SMILES string of the molecule is CCOC(=O)C[C@@H](C(=O)OCC)[C@H](NC(=O)CCCCCNC(=O)OCc1ccccc1)C(=O)O. The molecule has 2 atom stereocenters. The van der Waals surface area contributed by atoms with E-state index >= 15 is 0 Å². The van der Waals surface area contributed by atoms with Crippen molar-refractivity contribution in [3.05, 3.63) is 35.9 Å². The van der Waals surface area contributed by atoms with Crippen LogP contribution in [-0.4, -0.2) is 60.8 Å². The molecule has 0 aromatic heterocycles. The number of benzene rings is 1. The van der Waals surface area contributed by atoms with Crippen molar-refractivity contribution in [3.63, 3.8) is 0 Å². The first kappa shape index (κ1) is 29.4. The van der Waals surface area contributed by atoms with Gasteiger partial charge in [0.25, 0.3) is 0 Å². The number of hydrogen-bond acceptors (Lipinski definition) is 8. The number of unbranched alkanes of at least 4 members (excludes halogenated alkanes) is 2. The molecular formula is C24H34N2O9. The zero-order chi connectivity index (χ0) is 26.1. The maximum Gasteiger partial charge on any atom is 0.407 e. The lowest BCUT2D eigenvalue weighted by Crippen LogP contribution is -2.49. The fourth-order valence-electron chi connectivity index (χ4n) is 3.12. The Balaban J connectivity index is 2.40. The predicted molar refractivity (Wildman–Crippen MR) is 124 cm³/mol. The van der Waals surface area contributed by atoms with Crippen molar-refractivity contribution >= 4 is 29.9 Å². The highest BCUT2D eigenvalue weighted by Crippen LogP contribution is 2.15. The molecule has 0 saturated heterocycles. The largest absolute Gasteiger partial charge is 0.480 e. The number of rotatable bonds is 16. The molecule has 194 valence electrons. The Hall–Kier alpha value is -3.63. The van der Waals surface area contributed by atoms with Crippen LogP contribution in [0.1, 0.15) is 51.5 Å². The van der Waals surface area contributed by atoms with Crippen LogP contribution in [0.3, 0.4) is 0 Å². The van der Waals surface area contributed by atoms with Crippen molar-refractivity contribution in [1.29, 1.82) is 0 Å². The second kappa shape index (κ2) is 16.9. The Morgan fingerprint density at radius 1 is 0.914 bits per heavy atom. The third kappa shape index (κ3) is 12.4. The monoisotopic (exact) mass is 494 g/mol. The van der Waals surface area contributed by atoms with E-state index in [1.807, 2.05) is 30.3 Å². The normalized spacial score (nSPS) is 12.1. The lowest BCUT2D eigenvalue weighted by molar-refractivity contribution is -0.160. The van der Waals surface area contributed by atoms with E-state index in [4.69, 9.17) is 14.2 Å².